The first-order valence-corrected chi connectivity index (χ1v) is 4.03. The van der Waals surface area contributed by atoms with Gasteiger partial charge in [-0.15, -0.1) is 0 Å². The highest BCUT2D eigenvalue weighted by Gasteiger charge is 2.19. The van der Waals surface area contributed by atoms with Gasteiger partial charge in [0.1, 0.15) is 0 Å². The van der Waals surface area contributed by atoms with Crippen molar-refractivity contribution < 1.29 is 0 Å². The van der Waals surface area contributed by atoms with Crippen molar-refractivity contribution >= 4 is 0 Å². The highest BCUT2D eigenvalue weighted by atomic mass is 14.2. The number of hydrogen-bond acceptors (Lipinski definition) is 0. The van der Waals surface area contributed by atoms with Gasteiger partial charge in [0, 0.05) is 0 Å². The lowest BCUT2D eigenvalue weighted by Crippen LogP contribution is -2.13. The standard InChI is InChI=1S/C10H15/c1-3-9(2)10-7-5-4-6-8-10/h4-7,9H,3,8H2,1-2H3. The minimum absolute atomic E-state index is 0.765. The second kappa shape index (κ2) is 4.00. The summed E-state index contributed by atoms with van der Waals surface area (Å²) in [5.74, 6) is 2.34. The normalized spacial score (nSPS) is 24.6. The van der Waals surface area contributed by atoms with Crippen LogP contribution in [0.4, 0.5) is 0 Å². The Morgan fingerprint density at radius 3 is 2.80 bits per heavy atom. The van der Waals surface area contributed by atoms with E-state index < -0.39 is 0 Å². The van der Waals surface area contributed by atoms with E-state index in [0.717, 1.165) is 12.3 Å². The summed E-state index contributed by atoms with van der Waals surface area (Å²) in [5.41, 5.74) is 0. The third kappa shape index (κ3) is 2.00. The lowest BCUT2D eigenvalue weighted by molar-refractivity contribution is 0.562. The average molecular weight is 135 g/mol. The molecule has 1 aliphatic carbocycles. The Kier molecular flexibility index (Phi) is 3.24. The summed E-state index contributed by atoms with van der Waals surface area (Å²) in [6.45, 7) is 4.53. The van der Waals surface area contributed by atoms with Crippen LogP contribution in [-0.4, -0.2) is 0 Å². The van der Waals surface area contributed by atoms with Gasteiger partial charge in [-0.3, -0.25) is 0 Å². The molecule has 0 aliphatic heterocycles. The first-order valence-electron chi connectivity index (χ1n) is 4.03. The fourth-order valence-corrected chi connectivity index (χ4v) is 1.16. The van der Waals surface area contributed by atoms with Crippen LogP contribution in [0.1, 0.15) is 26.7 Å². The van der Waals surface area contributed by atoms with E-state index >= 15 is 0 Å². The van der Waals surface area contributed by atoms with Gasteiger partial charge < -0.3 is 0 Å². The molecule has 1 atom stereocenters. The van der Waals surface area contributed by atoms with Crippen LogP contribution in [0.5, 0.6) is 0 Å². The molecular weight excluding hydrogens is 120 g/mol. The van der Waals surface area contributed by atoms with Crippen molar-refractivity contribution in [2.24, 2.45) is 5.92 Å². The van der Waals surface area contributed by atoms with Gasteiger partial charge in [-0.2, -0.15) is 0 Å². The van der Waals surface area contributed by atoms with Crippen LogP contribution in [-0.2, 0) is 0 Å². The van der Waals surface area contributed by atoms with Gasteiger partial charge in [0.25, 0.3) is 0 Å². The molecule has 1 aliphatic rings. The molecule has 0 heterocycles. The molecule has 10 heavy (non-hydrogen) atoms. The van der Waals surface area contributed by atoms with Crippen LogP contribution < -0.4 is 0 Å². The molecule has 0 heteroatoms. The lowest BCUT2D eigenvalue weighted by Gasteiger charge is -2.25. The Labute approximate surface area is 65.0 Å². The molecule has 0 aromatic rings. The maximum absolute atomic E-state index is 2.29. The van der Waals surface area contributed by atoms with Crippen LogP contribution >= 0.6 is 0 Å². The largest absolute Gasteiger partial charge is 0.0651 e. The van der Waals surface area contributed by atoms with Gasteiger partial charge in [0.15, 0.2) is 0 Å². The molecule has 0 amide bonds. The maximum Gasteiger partial charge on any atom is -0.0173 e. The molecule has 1 unspecified atom stereocenters. The summed E-state index contributed by atoms with van der Waals surface area (Å²) in [7, 11) is 0. The summed E-state index contributed by atoms with van der Waals surface area (Å²) >= 11 is 0. The molecule has 5 radical (unpaired) electrons. The third-order valence-electron chi connectivity index (χ3n) is 2.16. The predicted molar refractivity (Wildman–Crippen MR) is 44.5 cm³/mol. The van der Waals surface area contributed by atoms with E-state index in [1.165, 1.54) is 6.42 Å². The fourth-order valence-electron chi connectivity index (χ4n) is 1.16. The summed E-state index contributed by atoms with van der Waals surface area (Å²) in [6, 6.07) is 0. The van der Waals surface area contributed by atoms with Crippen molar-refractivity contribution in [3.05, 3.63) is 31.6 Å². The highest BCUT2D eigenvalue weighted by molar-refractivity contribution is 5.26. The number of hydrogen-bond donors (Lipinski definition) is 0. The zero-order chi connectivity index (χ0) is 7.40. The zero-order valence-corrected chi connectivity index (χ0v) is 6.80. The smallest absolute Gasteiger partial charge is 0.0173 e. The minimum atomic E-state index is 0.765. The lowest BCUT2D eigenvalue weighted by atomic mass is 9.80. The molecule has 0 aromatic carbocycles. The minimum Gasteiger partial charge on any atom is -0.0651 e. The maximum atomic E-state index is 2.29. The molecule has 55 valence electrons. The van der Waals surface area contributed by atoms with E-state index in [2.05, 4.69) is 39.5 Å². The van der Waals surface area contributed by atoms with Crippen molar-refractivity contribution in [2.75, 3.05) is 0 Å². The van der Waals surface area contributed by atoms with Gasteiger partial charge in [-0.05, 0) is 43.9 Å². The van der Waals surface area contributed by atoms with E-state index in [9.17, 15) is 0 Å². The Hall–Kier alpha value is 0. The van der Waals surface area contributed by atoms with Gasteiger partial charge in [-0.1, -0.05) is 20.3 Å². The zero-order valence-electron chi connectivity index (χ0n) is 6.80. The molecule has 1 saturated carbocycles. The van der Waals surface area contributed by atoms with Crippen molar-refractivity contribution in [3.63, 3.8) is 0 Å². The van der Waals surface area contributed by atoms with Crippen molar-refractivity contribution in [3.8, 4) is 0 Å². The highest BCUT2D eigenvalue weighted by Crippen LogP contribution is 2.30. The third-order valence-corrected chi connectivity index (χ3v) is 2.16. The Morgan fingerprint density at radius 2 is 2.30 bits per heavy atom. The molecule has 0 bridgehead atoms. The van der Waals surface area contributed by atoms with Gasteiger partial charge in [0.2, 0.25) is 0 Å². The first kappa shape index (κ1) is 8.10. The summed E-state index contributed by atoms with van der Waals surface area (Å²) in [5, 5.41) is 0. The van der Waals surface area contributed by atoms with E-state index in [-0.39, 0.29) is 0 Å². The number of rotatable bonds is 2. The summed E-state index contributed by atoms with van der Waals surface area (Å²) < 4.78 is 0. The molecule has 0 N–H and O–H groups in total. The van der Waals surface area contributed by atoms with E-state index in [0.29, 0.717) is 0 Å². The predicted octanol–water partition coefficient (Wildman–Crippen LogP) is 2.83. The molecule has 0 spiro atoms. The van der Waals surface area contributed by atoms with Crippen molar-refractivity contribution in [1.82, 2.24) is 0 Å². The monoisotopic (exact) mass is 135 g/mol. The second-order valence-electron chi connectivity index (χ2n) is 2.88. The SMILES string of the molecule is CCC(C)[C]1[CH][CH][CH][CH]C1. The van der Waals surface area contributed by atoms with Gasteiger partial charge in [-0.25, -0.2) is 0 Å². The van der Waals surface area contributed by atoms with Crippen LogP contribution in [0.2, 0.25) is 0 Å². The molecule has 0 aromatic heterocycles. The van der Waals surface area contributed by atoms with Gasteiger partial charge in [0.05, 0.1) is 0 Å². The second-order valence-corrected chi connectivity index (χ2v) is 2.88. The quantitative estimate of drug-likeness (QED) is 0.546. The first-order chi connectivity index (χ1) is 4.84. The Bertz CT molecular complexity index is 80.0. The Balaban J connectivity index is 2.24. The van der Waals surface area contributed by atoms with Crippen molar-refractivity contribution in [1.29, 1.82) is 0 Å². The fraction of sp³-hybridized carbons (Fsp3) is 0.500. The molecular formula is C10H15. The van der Waals surface area contributed by atoms with Crippen LogP contribution in [0.25, 0.3) is 0 Å². The van der Waals surface area contributed by atoms with E-state index in [4.69, 9.17) is 0 Å². The molecule has 0 nitrogen and oxygen atoms in total. The molecule has 0 saturated heterocycles. The van der Waals surface area contributed by atoms with Crippen LogP contribution in [0.15, 0.2) is 0 Å². The molecule has 1 fully saturated rings. The average Bonchev–Trinajstić information content (AvgIpc) is 2.05. The summed E-state index contributed by atoms with van der Waals surface area (Å²) in [4.78, 5) is 0. The van der Waals surface area contributed by atoms with Crippen LogP contribution in [0, 0.1) is 37.5 Å². The van der Waals surface area contributed by atoms with Crippen molar-refractivity contribution in [2.45, 2.75) is 26.7 Å². The summed E-state index contributed by atoms with van der Waals surface area (Å²) in [6.07, 6.45) is 11.1. The Morgan fingerprint density at radius 1 is 1.50 bits per heavy atom. The van der Waals surface area contributed by atoms with E-state index in [1.54, 1.807) is 5.92 Å². The molecule has 1 rings (SSSR count). The topological polar surface area (TPSA) is 0 Å². The van der Waals surface area contributed by atoms with Gasteiger partial charge >= 0.3 is 0 Å². The van der Waals surface area contributed by atoms with E-state index in [1.807, 2.05) is 0 Å². The van der Waals surface area contributed by atoms with Crippen LogP contribution in [0.3, 0.4) is 0 Å².